The molecule has 4 rings (SSSR count). The number of quaternary nitrogens is 1. The van der Waals surface area contributed by atoms with E-state index in [0.717, 1.165) is 42.2 Å². The van der Waals surface area contributed by atoms with Crippen LogP contribution in [-0.4, -0.2) is 19.0 Å². The van der Waals surface area contributed by atoms with E-state index in [4.69, 9.17) is 11.6 Å². The molecule has 1 aromatic heterocycles. The van der Waals surface area contributed by atoms with Crippen LogP contribution in [0.3, 0.4) is 0 Å². The Labute approximate surface area is 144 Å². The van der Waals surface area contributed by atoms with Crippen molar-refractivity contribution in [2.45, 2.75) is 26.1 Å². The van der Waals surface area contributed by atoms with Gasteiger partial charge in [0.25, 0.3) is 5.91 Å². The lowest BCUT2D eigenvalue weighted by Gasteiger charge is -2.27. The predicted octanol–water partition coefficient (Wildman–Crippen LogP) is 2.22. The zero-order valence-electron chi connectivity index (χ0n) is 12.9. The highest BCUT2D eigenvalue weighted by Crippen LogP contribution is 2.39. The lowest BCUT2D eigenvalue weighted by atomic mass is 10.0. The fourth-order valence-corrected chi connectivity index (χ4v) is 4.95. The van der Waals surface area contributed by atoms with Gasteiger partial charge in [0.15, 0.2) is 0 Å². The molecule has 1 unspecified atom stereocenters. The molecule has 1 aromatic carbocycles. The number of carbonyl (C=O) groups excluding carboxylic acids is 1. The van der Waals surface area contributed by atoms with Crippen LogP contribution < -0.4 is 15.5 Å². The van der Waals surface area contributed by atoms with Gasteiger partial charge < -0.3 is 15.5 Å². The summed E-state index contributed by atoms with van der Waals surface area (Å²) in [5.41, 5.74) is 3.08. The molecular weight excluding hydrogens is 330 g/mol. The molecule has 23 heavy (non-hydrogen) atoms. The molecule has 0 spiro atoms. The second-order valence-corrected chi connectivity index (χ2v) is 7.64. The number of benzene rings is 1. The Hall–Kier alpha value is -1.56. The molecule has 6 heteroatoms. The van der Waals surface area contributed by atoms with E-state index in [9.17, 15) is 4.79 Å². The zero-order chi connectivity index (χ0) is 16.0. The molecule has 0 aliphatic carbocycles. The molecule has 0 saturated carbocycles. The average Bonchev–Trinajstić information content (AvgIpc) is 2.92. The molecule has 3 heterocycles. The Kier molecular flexibility index (Phi) is 3.79. The molecular formula is C17H19ClN3OS+. The summed E-state index contributed by atoms with van der Waals surface area (Å²) >= 11 is 7.81. The van der Waals surface area contributed by atoms with Crippen molar-refractivity contribution in [3.05, 3.63) is 50.9 Å². The Morgan fingerprint density at radius 3 is 3.04 bits per heavy atom. The van der Waals surface area contributed by atoms with Crippen LogP contribution in [0.2, 0.25) is 5.02 Å². The number of carbonyl (C=O) groups is 1. The predicted molar refractivity (Wildman–Crippen MR) is 93.4 cm³/mol. The highest BCUT2D eigenvalue weighted by atomic mass is 35.5. The summed E-state index contributed by atoms with van der Waals surface area (Å²) in [5.74, 6) is 0.0289. The monoisotopic (exact) mass is 348 g/mol. The number of nitrogens with one attached hydrogen (secondary N) is 3. The first kappa shape index (κ1) is 15.0. The van der Waals surface area contributed by atoms with Gasteiger partial charge in [0, 0.05) is 11.4 Å². The van der Waals surface area contributed by atoms with Gasteiger partial charge in [0.1, 0.15) is 17.7 Å². The minimum absolute atomic E-state index is 0.0289. The van der Waals surface area contributed by atoms with Crippen LogP contribution >= 0.6 is 22.9 Å². The number of hydrogen-bond acceptors (Lipinski definition) is 3. The second-order valence-electron chi connectivity index (χ2n) is 6.09. The average molecular weight is 349 g/mol. The fourth-order valence-electron chi connectivity index (χ4n) is 3.40. The summed E-state index contributed by atoms with van der Waals surface area (Å²) in [4.78, 5) is 15.6. The van der Waals surface area contributed by atoms with Gasteiger partial charge in [-0.05, 0) is 30.2 Å². The van der Waals surface area contributed by atoms with Crippen LogP contribution in [0, 0.1) is 0 Å². The Morgan fingerprint density at radius 1 is 1.39 bits per heavy atom. The summed E-state index contributed by atoms with van der Waals surface area (Å²) < 4.78 is 0. The summed E-state index contributed by atoms with van der Waals surface area (Å²) in [7, 11) is 0. The van der Waals surface area contributed by atoms with Gasteiger partial charge in [-0.1, -0.05) is 23.7 Å². The molecule has 2 atom stereocenters. The number of rotatable bonds is 2. The number of hydrogen-bond donors (Lipinski definition) is 3. The minimum atomic E-state index is -0.219. The standard InChI is InChI=1S/C17H18ClN3OS/c1-2-21-7-6-12-13(9-21)23-17-14(12)16(22)19-15(20-17)10-4-3-5-11(18)8-10/h3-5,8,15,20H,2,6-7,9H2,1H3,(H,19,22)/p+1/t15-/m1/s1. The van der Waals surface area contributed by atoms with E-state index in [2.05, 4.69) is 17.6 Å². The van der Waals surface area contributed by atoms with Crippen LogP contribution in [0.1, 0.15) is 39.5 Å². The summed E-state index contributed by atoms with van der Waals surface area (Å²) in [5, 5.41) is 8.23. The van der Waals surface area contributed by atoms with Crippen LogP contribution in [0.4, 0.5) is 5.00 Å². The highest BCUT2D eigenvalue weighted by Gasteiger charge is 2.34. The summed E-state index contributed by atoms with van der Waals surface area (Å²) in [6.07, 6.45) is 0.768. The quantitative estimate of drug-likeness (QED) is 0.779. The van der Waals surface area contributed by atoms with E-state index in [1.165, 1.54) is 10.4 Å². The molecule has 0 saturated heterocycles. The van der Waals surface area contributed by atoms with Crippen LogP contribution in [0.25, 0.3) is 0 Å². The van der Waals surface area contributed by atoms with E-state index in [1.807, 2.05) is 24.3 Å². The van der Waals surface area contributed by atoms with Crippen LogP contribution in [0.5, 0.6) is 0 Å². The number of amides is 1. The van der Waals surface area contributed by atoms with Crippen LogP contribution in [0.15, 0.2) is 24.3 Å². The van der Waals surface area contributed by atoms with E-state index in [-0.39, 0.29) is 12.1 Å². The number of halogens is 1. The van der Waals surface area contributed by atoms with Crippen molar-refractivity contribution in [1.29, 1.82) is 0 Å². The molecule has 3 N–H and O–H groups in total. The second kappa shape index (κ2) is 5.82. The molecule has 2 aliphatic rings. The van der Waals surface area contributed by atoms with Gasteiger partial charge in [-0.25, -0.2) is 0 Å². The third-order valence-electron chi connectivity index (χ3n) is 4.69. The Balaban J connectivity index is 1.68. The third kappa shape index (κ3) is 2.63. The molecule has 0 radical (unpaired) electrons. The first-order chi connectivity index (χ1) is 11.2. The van der Waals surface area contributed by atoms with Gasteiger partial charge in [0.05, 0.1) is 23.5 Å². The lowest BCUT2D eigenvalue weighted by molar-refractivity contribution is -0.913. The normalized spacial score (nSPS) is 22.8. The van der Waals surface area contributed by atoms with E-state index < -0.39 is 0 Å². The van der Waals surface area contributed by atoms with E-state index >= 15 is 0 Å². The SMILES string of the molecule is CC[NH+]1CCc2c(sc3c2C(=O)N[C@@H](c2cccc(Cl)c2)N3)C1. The third-order valence-corrected chi connectivity index (χ3v) is 6.09. The topological polar surface area (TPSA) is 45.6 Å². The molecule has 120 valence electrons. The van der Waals surface area contributed by atoms with E-state index in [0.29, 0.717) is 5.02 Å². The maximum atomic E-state index is 12.7. The Bertz CT molecular complexity index is 773. The van der Waals surface area contributed by atoms with Crippen molar-refractivity contribution in [2.75, 3.05) is 18.4 Å². The van der Waals surface area contributed by atoms with Crippen molar-refractivity contribution < 1.29 is 9.69 Å². The molecule has 0 bridgehead atoms. The van der Waals surface area contributed by atoms with Crippen LogP contribution in [-0.2, 0) is 13.0 Å². The van der Waals surface area contributed by atoms with Crippen molar-refractivity contribution in [1.82, 2.24) is 5.32 Å². The number of thiophene rings is 1. The molecule has 4 nitrogen and oxygen atoms in total. The first-order valence-electron chi connectivity index (χ1n) is 7.96. The van der Waals surface area contributed by atoms with Gasteiger partial charge in [-0.3, -0.25) is 4.79 Å². The van der Waals surface area contributed by atoms with Gasteiger partial charge in [0.2, 0.25) is 0 Å². The minimum Gasteiger partial charge on any atom is -0.353 e. The van der Waals surface area contributed by atoms with Crippen molar-refractivity contribution in [2.24, 2.45) is 0 Å². The maximum Gasteiger partial charge on any atom is 0.256 e. The fraction of sp³-hybridized carbons (Fsp3) is 0.353. The summed E-state index contributed by atoms with van der Waals surface area (Å²) in [6.45, 7) is 5.48. The molecule has 0 fully saturated rings. The van der Waals surface area contributed by atoms with Crippen molar-refractivity contribution in [3.8, 4) is 0 Å². The first-order valence-corrected chi connectivity index (χ1v) is 9.16. The molecule has 2 aromatic rings. The van der Waals surface area contributed by atoms with Gasteiger partial charge >= 0.3 is 0 Å². The molecule has 2 aliphatic heterocycles. The summed E-state index contributed by atoms with van der Waals surface area (Å²) in [6, 6.07) is 7.61. The molecule has 1 amide bonds. The zero-order valence-corrected chi connectivity index (χ0v) is 14.5. The van der Waals surface area contributed by atoms with Gasteiger partial charge in [-0.15, -0.1) is 11.3 Å². The smallest absolute Gasteiger partial charge is 0.256 e. The number of likely N-dealkylation sites (N-methyl/N-ethyl adjacent to an activating group) is 1. The highest BCUT2D eigenvalue weighted by molar-refractivity contribution is 7.16. The van der Waals surface area contributed by atoms with Crippen molar-refractivity contribution in [3.63, 3.8) is 0 Å². The van der Waals surface area contributed by atoms with Gasteiger partial charge in [-0.2, -0.15) is 0 Å². The lowest BCUT2D eigenvalue weighted by Crippen LogP contribution is -3.11. The van der Waals surface area contributed by atoms with E-state index in [1.54, 1.807) is 16.2 Å². The Morgan fingerprint density at radius 2 is 2.26 bits per heavy atom. The number of anilines is 1. The van der Waals surface area contributed by atoms with Crippen molar-refractivity contribution >= 4 is 33.8 Å². The largest absolute Gasteiger partial charge is 0.353 e. The maximum absolute atomic E-state index is 12.7. The number of fused-ring (bicyclic) bond motifs is 3.